The van der Waals surface area contributed by atoms with Crippen molar-refractivity contribution in [3.05, 3.63) is 60.2 Å². The highest BCUT2D eigenvalue weighted by Gasteiger charge is 2.09. The monoisotopic (exact) mass is 383 g/mol. The minimum Gasteiger partial charge on any atom is -0.456 e. The molecule has 0 aliphatic carbocycles. The molecule has 3 N–H and O–H groups in total. The number of hydrogen-bond donors (Lipinski definition) is 3. The van der Waals surface area contributed by atoms with Crippen LogP contribution >= 0.6 is 0 Å². The first-order valence-electron chi connectivity index (χ1n) is 9.09. The van der Waals surface area contributed by atoms with Gasteiger partial charge in [-0.2, -0.15) is 0 Å². The van der Waals surface area contributed by atoms with E-state index in [0.717, 1.165) is 0 Å². The maximum absolute atomic E-state index is 11.9. The molecule has 0 heterocycles. The number of nitrogens with one attached hydrogen (secondary N) is 3. The van der Waals surface area contributed by atoms with Gasteiger partial charge in [0.25, 0.3) is 5.91 Å². The minimum absolute atomic E-state index is 0.0292. The second-order valence-corrected chi connectivity index (χ2v) is 6.48. The Bertz CT molecular complexity index is 789. The van der Waals surface area contributed by atoms with Crippen LogP contribution in [0.25, 0.3) is 0 Å². The van der Waals surface area contributed by atoms with Crippen molar-refractivity contribution in [1.82, 2.24) is 5.32 Å². The molecule has 0 fully saturated rings. The van der Waals surface area contributed by atoms with Crippen molar-refractivity contribution < 1.29 is 19.1 Å². The smallest absolute Gasteiger partial charge is 0.319 e. The summed E-state index contributed by atoms with van der Waals surface area (Å²) in [7, 11) is 0. The Morgan fingerprint density at radius 2 is 1.54 bits per heavy atom. The highest BCUT2D eigenvalue weighted by molar-refractivity contribution is 5.93. The first-order chi connectivity index (χ1) is 13.4. The summed E-state index contributed by atoms with van der Waals surface area (Å²) in [5, 5.41) is 7.86. The number of rotatable bonds is 8. The van der Waals surface area contributed by atoms with Gasteiger partial charge < -0.3 is 20.7 Å². The van der Waals surface area contributed by atoms with Gasteiger partial charge in [-0.25, -0.2) is 4.79 Å². The molecule has 148 valence electrons. The normalized spacial score (nSPS) is 10.2. The summed E-state index contributed by atoms with van der Waals surface area (Å²) in [6.45, 7) is 3.91. The molecule has 7 nitrogen and oxygen atoms in total. The van der Waals surface area contributed by atoms with E-state index >= 15 is 0 Å². The topological polar surface area (TPSA) is 96.5 Å². The van der Waals surface area contributed by atoms with E-state index in [2.05, 4.69) is 29.8 Å². The zero-order chi connectivity index (χ0) is 20.4. The van der Waals surface area contributed by atoms with E-state index in [1.54, 1.807) is 24.3 Å². The Balaban J connectivity index is 1.62. The molecule has 0 saturated heterocycles. The molecule has 0 aliphatic heterocycles. The number of carbonyl (C=O) groups excluding carboxylic acids is 3. The van der Waals surface area contributed by atoms with Crippen LogP contribution in [0.3, 0.4) is 0 Å². The number of amides is 3. The Morgan fingerprint density at radius 3 is 2.18 bits per heavy atom. The van der Waals surface area contributed by atoms with Gasteiger partial charge in [-0.15, -0.1) is 0 Å². The molecule has 2 rings (SSSR count). The van der Waals surface area contributed by atoms with Gasteiger partial charge in [-0.05, 0) is 35.7 Å². The van der Waals surface area contributed by atoms with Gasteiger partial charge in [0.05, 0.1) is 6.42 Å². The van der Waals surface area contributed by atoms with Crippen molar-refractivity contribution in [2.75, 3.05) is 23.8 Å². The number of urea groups is 1. The molecule has 0 aliphatic rings. The Morgan fingerprint density at radius 1 is 0.893 bits per heavy atom. The predicted octanol–water partition coefficient (Wildman–Crippen LogP) is 3.50. The van der Waals surface area contributed by atoms with E-state index in [0.29, 0.717) is 17.3 Å². The number of anilines is 2. The molecule has 0 spiro atoms. The summed E-state index contributed by atoms with van der Waals surface area (Å²) in [5.41, 5.74) is 2.47. The fraction of sp³-hybridized carbons (Fsp3) is 0.286. The van der Waals surface area contributed by atoms with Crippen molar-refractivity contribution in [1.29, 1.82) is 0 Å². The number of para-hydroxylation sites is 1. The number of esters is 1. The zero-order valence-corrected chi connectivity index (χ0v) is 16.0. The van der Waals surface area contributed by atoms with E-state index in [9.17, 15) is 14.4 Å². The van der Waals surface area contributed by atoms with Gasteiger partial charge in [-0.3, -0.25) is 9.59 Å². The molecular weight excluding hydrogens is 358 g/mol. The highest BCUT2D eigenvalue weighted by Crippen LogP contribution is 2.17. The van der Waals surface area contributed by atoms with E-state index in [1.165, 1.54) is 5.56 Å². The second kappa shape index (κ2) is 10.7. The van der Waals surface area contributed by atoms with Crippen molar-refractivity contribution in [2.45, 2.75) is 26.2 Å². The Labute approximate surface area is 164 Å². The van der Waals surface area contributed by atoms with Crippen LogP contribution in [-0.2, 0) is 14.3 Å². The SMILES string of the molecule is CC(C)c1ccc(NC(=O)COC(=O)CCNC(=O)Nc2ccccc2)cc1. The Kier molecular flexibility index (Phi) is 8.02. The molecule has 3 amide bonds. The molecule has 0 unspecified atom stereocenters. The fourth-order valence-electron chi connectivity index (χ4n) is 2.34. The van der Waals surface area contributed by atoms with Gasteiger partial charge >= 0.3 is 12.0 Å². The maximum atomic E-state index is 11.9. The number of benzene rings is 2. The standard InChI is InChI=1S/C21H25N3O4/c1-15(2)16-8-10-18(11-9-16)23-19(25)14-28-20(26)12-13-22-21(27)24-17-6-4-3-5-7-17/h3-11,15H,12-14H2,1-2H3,(H,23,25)(H2,22,24,27). The summed E-state index contributed by atoms with van der Waals surface area (Å²) < 4.78 is 4.92. The molecule has 2 aromatic rings. The molecule has 0 atom stereocenters. The van der Waals surface area contributed by atoms with E-state index in [4.69, 9.17) is 4.74 Å². The molecule has 0 radical (unpaired) electrons. The third kappa shape index (κ3) is 7.49. The number of ether oxygens (including phenoxy) is 1. The molecule has 2 aromatic carbocycles. The third-order valence-corrected chi connectivity index (χ3v) is 3.87. The average Bonchev–Trinajstić information content (AvgIpc) is 2.67. The summed E-state index contributed by atoms with van der Waals surface area (Å²) in [6, 6.07) is 16.0. The van der Waals surface area contributed by atoms with Crippen LogP contribution < -0.4 is 16.0 Å². The van der Waals surface area contributed by atoms with E-state index in [1.807, 2.05) is 30.3 Å². The fourth-order valence-corrected chi connectivity index (χ4v) is 2.34. The predicted molar refractivity (Wildman–Crippen MR) is 108 cm³/mol. The minimum atomic E-state index is -0.565. The van der Waals surface area contributed by atoms with Crippen LogP contribution in [0.2, 0.25) is 0 Å². The lowest BCUT2D eigenvalue weighted by Gasteiger charge is -2.09. The van der Waals surface area contributed by atoms with Crippen LogP contribution in [0.1, 0.15) is 31.7 Å². The van der Waals surface area contributed by atoms with Crippen LogP contribution in [0, 0.1) is 0 Å². The van der Waals surface area contributed by atoms with Crippen molar-refractivity contribution in [2.24, 2.45) is 0 Å². The molecule has 0 aromatic heterocycles. The van der Waals surface area contributed by atoms with Crippen LogP contribution in [0.4, 0.5) is 16.2 Å². The van der Waals surface area contributed by atoms with Gasteiger partial charge in [0.15, 0.2) is 6.61 Å². The molecule has 0 saturated carbocycles. The lowest BCUT2D eigenvalue weighted by molar-refractivity contribution is -0.147. The summed E-state index contributed by atoms with van der Waals surface area (Å²) in [4.78, 5) is 35.2. The summed E-state index contributed by atoms with van der Waals surface area (Å²) in [6.07, 6.45) is -0.0292. The van der Waals surface area contributed by atoms with Gasteiger partial charge in [0, 0.05) is 17.9 Å². The van der Waals surface area contributed by atoms with Gasteiger partial charge in [0.2, 0.25) is 0 Å². The van der Waals surface area contributed by atoms with Gasteiger partial charge in [0.1, 0.15) is 0 Å². The second-order valence-electron chi connectivity index (χ2n) is 6.48. The molecule has 0 bridgehead atoms. The highest BCUT2D eigenvalue weighted by atomic mass is 16.5. The largest absolute Gasteiger partial charge is 0.456 e. The number of carbonyl (C=O) groups is 3. The van der Waals surface area contributed by atoms with Gasteiger partial charge in [-0.1, -0.05) is 44.2 Å². The van der Waals surface area contributed by atoms with Crippen molar-refractivity contribution >= 4 is 29.3 Å². The number of hydrogen-bond acceptors (Lipinski definition) is 4. The molecule has 28 heavy (non-hydrogen) atoms. The van der Waals surface area contributed by atoms with E-state index < -0.39 is 17.9 Å². The molecular formula is C21H25N3O4. The van der Waals surface area contributed by atoms with Crippen molar-refractivity contribution in [3.8, 4) is 0 Å². The molecule has 7 heteroatoms. The summed E-state index contributed by atoms with van der Waals surface area (Å²) in [5.74, 6) is -0.570. The van der Waals surface area contributed by atoms with Crippen LogP contribution in [0.5, 0.6) is 0 Å². The van der Waals surface area contributed by atoms with Crippen molar-refractivity contribution in [3.63, 3.8) is 0 Å². The lowest BCUT2D eigenvalue weighted by Crippen LogP contribution is -2.31. The lowest BCUT2D eigenvalue weighted by atomic mass is 10.0. The van der Waals surface area contributed by atoms with Crippen LogP contribution in [-0.4, -0.2) is 31.1 Å². The third-order valence-electron chi connectivity index (χ3n) is 3.87. The average molecular weight is 383 g/mol. The maximum Gasteiger partial charge on any atom is 0.319 e. The summed E-state index contributed by atoms with van der Waals surface area (Å²) >= 11 is 0. The quantitative estimate of drug-likeness (QED) is 0.608. The zero-order valence-electron chi connectivity index (χ0n) is 16.0. The Hall–Kier alpha value is -3.35. The first-order valence-corrected chi connectivity index (χ1v) is 9.09. The van der Waals surface area contributed by atoms with Crippen LogP contribution in [0.15, 0.2) is 54.6 Å². The van der Waals surface area contributed by atoms with E-state index in [-0.39, 0.29) is 19.6 Å². The first kappa shape index (κ1) is 21.0.